The predicted octanol–water partition coefficient (Wildman–Crippen LogP) is 1.16. The summed E-state index contributed by atoms with van der Waals surface area (Å²) in [5, 5.41) is 11.9. The maximum Gasteiger partial charge on any atom is 0.317 e. The third-order valence-electron chi connectivity index (χ3n) is 3.72. The molecule has 0 aromatic heterocycles. The van der Waals surface area contributed by atoms with Crippen LogP contribution in [0.1, 0.15) is 27.2 Å². The molecule has 1 fully saturated rings. The van der Waals surface area contributed by atoms with Crippen LogP contribution >= 0.6 is 0 Å². The minimum atomic E-state index is -0.831. The maximum atomic E-state index is 12.1. The molecular formula is C13H24N2O4. The van der Waals surface area contributed by atoms with Crippen molar-refractivity contribution in [1.82, 2.24) is 10.2 Å². The van der Waals surface area contributed by atoms with Gasteiger partial charge >= 0.3 is 12.0 Å². The summed E-state index contributed by atoms with van der Waals surface area (Å²) in [5.74, 6) is -1.09. The van der Waals surface area contributed by atoms with Crippen LogP contribution in [-0.4, -0.2) is 54.4 Å². The van der Waals surface area contributed by atoms with Gasteiger partial charge in [-0.05, 0) is 26.2 Å². The summed E-state index contributed by atoms with van der Waals surface area (Å²) in [6.07, 6.45) is 0.546. The number of nitrogens with one attached hydrogen (secondary N) is 1. The number of urea groups is 1. The van der Waals surface area contributed by atoms with Gasteiger partial charge in [-0.3, -0.25) is 4.79 Å². The van der Waals surface area contributed by atoms with Gasteiger partial charge in [-0.1, -0.05) is 6.92 Å². The molecule has 0 aromatic rings. The normalized spacial score (nSPS) is 26.6. The number of amides is 2. The summed E-state index contributed by atoms with van der Waals surface area (Å²) < 4.78 is 5.15. The van der Waals surface area contributed by atoms with Crippen LogP contribution in [-0.2, 0) is 9.53 Å². The number of carboxylic acids is 1. The number of carbonyl (C=O) groups is 2. The number of rotatable bonds is 4. The number of carboxylic acid groups (broad SMARTS) is 1. The lowest BCUT2D eigenvalue weighted by Crippen LogP contribution is -2.53. The van der Waals surface area contributed by atoms with E-state index in [0.717, 1.165) is 0 Å². The Morgan fingerprint density at radius 2 is 2.00 bits per heavy atom. The highest BCUT2D eigenvalue weighted by molar-refractivity contribution is 5.76. The molecule has 0 aliphatic carbocycles. The average molecular weight is 272 g/mol. The standard InChI is InChI=1S/C13H24N2O4/c1-8-5-11(12(16)17)7-15(6-8)13(18)14-9(2)10(3)19-4/h8-11H,5-7H2,1-4H3,(H,14,18)(H,16,17)/t8?,9-,10?,11?/m1/s1. The number of aliphatic carboxylic acids is 1. The van der Waals surface area contributed by atoms with Crippen molar-refractivity contribution < 1.29 is 19.4 Å². The topological polar surface area (TPSA) is 78.9 Å². The fourth-order valence-corrected chi connectivity index (χ4v) is 2.30. The molecule has 6 nitrogen and oxygen atoms in total. The Bertz CT molecular complexity index is 335. The first kappa shape index (κ1) is 15.8. The Balaban J connectivity index is 2.58. The SMILES string of the molecule is COC(C)[C@@H](C)NC(=O)N1CC(C)CC(C(=O)O)C1. The third kappa shape index (κ3) is 4.38. The lowest BCUT2D eigenvalue weighted by atomic mass is 9.91. The molecule has 6 heteroatoms. The lowest BCUT2D eigenvalue weighted by molar-refractivity contribution is -0.143. The first-order chi connectivity index (χ1) is 8.85. The molecule has 2 N–H and O–H groups in total. The van der Waals surface area contributed by atoms with Crippen LogP contribution in [0.4, 0.5) is 4.79 Å². The molecule has 0 spiro atoms. The number of nitrogens with zero attached hydrogens (tertiary/aromatic N) is 1. The smallest absolute Gasteiger partial charge is 0.317 e. The van der Waals surface area contributed by atoms with Gasteiger partial charge in [-0.25, -0.2) is 4.79 Å². The van der Waals surface area contributed by atoms with Gasteiger partial charge in [-0.2, -0.15) is 0 Å². The van der Waals surface area contributed by atoms with E-state index in [2.05, 4.69) is 5.32 Å². The van der Waals surface area contributed by atoms with E-state index in [1.807, 2.05) is 20.8 Å². The van der Waals surface area contributed by atoms with E-state index in [0.29, 0.717) is 13.0 Å². The zero-order valence-corrected chi connectivity index (χ0v) is 12.0. The molecule has 1 heterocycles. The first-order valence-corrected chi connectivity index (χ1v) is 6.66. The highest BCUT2D eigenvalue weighted by Crippen LogP contribution is 2.21. The van der Waals surface area contributed by atoms with Gasteiger partial charge in [0.25, 0.3) is 0 Å². The van der Waals surface area contributed by atoms with Crippen molar-refractivity contribution in [2.75, 3.05) is 20.2 Å². The molecule has 1 saturated heterocycles. The van der Waals surface area contributed by atoms with Crippen LogP contribution in [0.5, 0.6) is 0 Å². The summed E-state index contributed by atoms with van der Waals surface area (Å²) in [7, 11) is 1.59. The fraction of sp³-hybridized carbons (Fsp3) is 0.846. The number of hydrogen-bond acceptors (Lipinski definition) is 3. The van der Waals surface area contributed by atoms with Crippen molar-refractivity contribution in [2.24, 2.45) is 11.8 Å². The second-order valence-corrected chi connectivity index (χ2v) is 5.46. The third-order valence-corrected chi connectivity index (χ3v) is 3.72. The molecule has 1 rings (SSSR count). The van der Waals surface area contributed by atoms with Crippen LogP contribution in [0.2, 0.25) is 0 Å². The summed E-state index contributed by atoms with van der Waals surface area (Å²) >= 11 is 0. The molecule has 110 valence electrons. The fourth-order valence-electron chi connectivity index (χ4n) is 2.30. The van der Waals surface area contributed by atoms with Gasteiger partial charge in [0.2, 0.25) is 0 Å². The molecule has 0 aromatic carbocycles. The van der Waals surface area contributed by atoms with Gasteiger partial charge in [0.05, 0.1) is 18.1 Å². The van der Waals surface area contributed by atoms with Gasteiger partial charge in [0, 0.05) is 20.2 Å². The number of piperidine rings is 1. The van der Waals surface area contributed by atoms with Crippen molar-refractivity contribution in [3.63, 3.8) is 0 Å². The maximum absolute atomic E-state index is 12.1. The summed E-state index contributed by atoms with van der Waals surface area (Å²) in [6, 6.07) is -0.327. The molecule has 0 radical (unpaired) electrons. The Kier molecular flexibility index (Phi) is 5.60. The Morgan fingerprint density at radius 1 is 1.37 bits per heavy atom. The summed E-state index contributed by atoms with van der Waals surface area (Å²) in [6.45, 7) is 6.60. The van der Waals surface area contributed by atoms with Gasteiger partial charge in [-0.15, -0.1) is 0 Å². The van der Waals surface area contributed by atoms with E-state index in [1.165, 1.54) is 0 Å². The molecule has 1 aliphatic heterocycles. The van der Waals surface area contributed by atoms with Crippen molar-refractivity contribution in [3.8, 4) is 0 Å². The van der Waals surface area contributed by atoms with Gasteiger partial charge in [0.1, 0.15) is 0 Å². The minimum Gasteiger partial charge on any atom is -0.481 e. The van der Waals surface area contributed by atoms with E-state index in [4.69, 9.17) is 9.84 Å². The highest BCUT2D eigenvalue weighted by atomic mass is 16.5. The minimum absolute atomic E-state index is 0.0820. The molecule has 2 amide bonds. The zero-order chi connectivity index (χ0) is 14.6. The summed E-state index contributed by atoms with van der Waals surface area (Å²) in [4.78, 5) is 24.8. The second kappa shape index (κ2) is 6.75. The molecule has 0 saturated carbocycles. The quantitative estimate of drug-likeness (QED) is 0.805. The highest BCUT2D eigenvalue weighted by Gasteiger charge is 2.32. The van der Waals surface area contributed by atoms with Crippen LogP contribution in [0.25, 0.3) is 0 Å². The van der Waals surface area contributed by atoms with Crippen molar-refractivity contribution in [2.45, 2.75) is 39.3 Å². The van der Waals surface area contributed by atoms with E-state index >= 15 is 0 Å². The van der Waals surface area contributed by atoms with Gasteiger partial charge in [0.15, 0.2) is 0 Å². The molecule has 19 heavy (non-hydrogen) atoms. The summed E-state index contributed by atoms with van der Waals surface area (Å²) in [5.41, 5.74) is 0. The Morgan fingerprint density at radius 3 is 2.53 bits per heavy atom. The molecular weight excluding hydrogens is 248 g/mol. The largest absolute Gasteiger partial charge is 0.481 e. The number of methoxy groups -OCH3 is 1. The molecule has 3 unspecified atom stereocenters. The monoisotopic (exact) mass is 272 g/mol. The van der Waals surface area contributed by atoms with E-state index in [-0.39, 0.29) is 30.6 Å². The molecule has 1 aliphatic rings. The van der Waals surface area contributed by atoms with Crippen LogP contribution in [0.3, 0.4) is 0 Å². The number of ether oxygens (including phenoxy) is 1. The van der Waals surface area contributed by atoms with Crippen LogP contribution in [0.15, 0.2) is 0 Å². The average Bonchev–Trinajstić information content (AvgIpc) is 2.36. The van der Waals surface area contributed by atoms with Crippen molar-refractivity contribution >= 4 is 12.0 Å². The zero-order valence-electron chi connectivity index (χ0n) is 12.0. The van der Waals surface area contributed by atoms with Crippen molar-refractivity contribution in [3.05, 3.63) is 0 Å². The second-order valence-electron chi connectivity index (χ2n) is 5.46. The van der Waals surface area contributed by atoms with Crippen LogP contribution in [0, 0.1) is 11.8 Å². The number of likely N-dealkylation sites (tertiary alicyclic amines) is 1. The molecule has 4 atom stereocenters. The number of carbonyl (C=O) groups excluding carboxylic acids is 1. The predicted molar refractivity (Wildman–Crippen MR) is 70.9 cm³/mol. The van der Waals surface area contributed by atoms with E-state index < -0.39 is 11.9 Å². The molecule has 0 bridgehead atoms. The first-order valence-electron chi connectivity index (χ1n) is 6.66. The van der Waals surface area contributed by atoms with E-state index in [9.17, 15) is 9.59 Å². The van der Waals surface area contributed by atoms with Crippen molar-refractivity contribution in [1.29, 1.82) is 0 Å². The van der Waals surface area contributed by atoms with E-state index in [1.54, 1.807) is 12.0 Å². The van der Waals surface area contributed by atoms with Crippen LogP contribution < -0.4 is 5.32 Å². The lowest BCUT2D eigenvalue weighted by Gasteiger charge is -2.35. The Hall–Kier alpha value is -1.30. The number of hydrogen-bond donors (Lipinski definition) is 2. The Labute approximate surface area is 114 Å². The van der Waals surface area contributed by atoms with Gasteiger partial charge < -0.3 is 20.1 Å².